The van der Waals surface area contributed by atoms with E-state index in [9.17, 15) is 0 Å². The van der Waals surface area contributed by atoms with Crippen LogP contribution in [0.15, 0.2) is 54.9 Å². The highest BCUT2D eigenvalue weighted by Gasteiger charge is 2.12. The second-order valence-electron chi connectivity index (χ2n) is 5.71. The van der Waals surface area contributed by atoms with Crippen molar-refractivity contribution in [3.8, 4) is 17.0 Å². The van der Waals surface area contributed by atoms with Crippen LogP contribution in [-0.4, -0.2) is 27.3 Å². The molecule has 0 amide bonds. The van der Waals surface area contributed by atoms with Gasteiger partial charge in [0.2, 0.25) is 0 Å². The number of methoxy groups -OCH3 is 1. The molecule has 124 valence electrons. The van der Waals surface area contributed by atoms with Crippen molar-refractivity contribution in [2.75, 3.05) is 12.4 Å². The second-order valence-corrected chi connectivity index (χ2v) is 5.71. The van der Waals surface area contributed by atoms with Crippen molar-refractivity contribution < 1.29 is 4.74 Å². The molecule has 0 fully saturated rings. The van der Waals surface area contributed by atoms with Gasteiger partial charge in [0, 0.05) is 40.5 Å². The summed E-state index contributed by atoms with van der Waals surface area (Å²) in [5, 5.41) is 12.4. The summed E-state index contributed by atoms with van der Waals surface area (Å²) in [6, 6.07) is 13.7. The van der Waals surface area contributed by atoms with E-state index in [0.717, 1.165) is 39.3 Å². The first-order valence-electron chi connectivity index (χ1n) is 7.92. The number of aromatic amines is 1. The number of benzene rings is 1. The number of hydrogen-bond acceptors (Lipinski definition) is 5. The van der Waals surface area contributed by atoms with E-state index in [0.29, 0.717) is 5.82 Å². The number of H-pyrrole nitrogens is 1. The number of nitrogens with one attached hydrogen (secondary N) is 2. The minimum atomic E-state index is 0.697. The van der Waals surface area contributed by atoms with Crippen molar-refractivity contribution in [1.82, 2.24) is 20.2 Å². The molecular weight excluding hydrogens is 314 g/mol. The summed E-state index contributed by atoms with van der Waals surface area (Å²) in [6.07, 6.45) is 3.56. The average molecular weight is 331 g/mol. The SMILES string of the molecule is COc1cccc2c(-c3cccnc3)nc(Nc3cc(C)[nH]n3)cc12. The first-order chi connectivity index (χ1) is 12.2. The fourth-order valence-corrected chi connectivity index (χ4v) is 2.83. The maximum Gasteiger partial charge on any atom is 0.153 e. The molecule has 0 aliphatic heterocycles. The molecule has 0 saturated heterocycles. The number of ether oxygens (including phenoxy) is 1. The Hall–Kier alpha value is -3.41. The summed E-state index contributed by atoms with van der Waals surface area (Å²) in [5.74, 6) is 2.21. The number of nitrogens with zero attached hydrogens (tertiary/aromatic N) is 3. The lowest BCUT2D eigenvalue weighted by atomic mass is 10.0. The Morgan fingerprint density at radius 3 is 2.68 bits per heavy atom. The van der Waals surface area contributed by atoms with Gasteiger partial charge in [-0.05, 0) is 31.2 Å². The van der Waals surface area contributed by atoms with Gasteiger partial charge in [-0.15, -0.1) is 0 Å². The van der Waals surface area contributed by atoms with Gasteiger partial charge >= 0.3 is 0 Å². The van der Waals surface area contributed by atoms with Crippen molar-refractivity contribution >= 4 is 22.4 Å². The third-order valence-electron chi connectivity index (χ3n) is 3.95. The smallest absolute Gasteiger partial charge is 0.153 e. The van der Waals surface area contributed by atoms with Crippen LogP contribution in [0.4, 0.5) is 11.6 Å². The van der Waals surface area contributed by atoms with Gasteiger partial charge in [0.25, 0.3) is 0 Å². The predicted molar refractivity (Wildman–Crippen MR) is 98.1 cm³/mol. The number of fused-ring (bicyclic) bond motifs is 1. The van der Waals surface area contributed by atoms with E-state index in [4.69, 9.17) is 9.72 Å². The van der Waals surface area contributed by atoms with Gasteiger partial charge in [-0.2, -0.15) is 5.10 Å². The number of pyridine rings is 2. The molecule has 25 heavy (non-hydrogen) atoms. The molecule has 0 spiro atoms. The zero-order valence-corrected chi connectivity index (χ0v) is 13.9. The summed E-state index contributed by atoms with van der Waals surface area (Å²) >= 11 is 0. The Morgan fingerprint density at radius 1 is 1.04 bits per heavy atom. The minimum absolute atomic E-state index is 0.697. The van der Waals surface area contributed by atoms with Crippen LogP contribution < -0.4 is 10.1 Å². The van der Waals surface area contributed by atoms with Crippen LogP contribution in [0.2, 0.25) is 0 Å². The third kappa shape index (κ3) is 2.89. The monoisotopic (exact) mass is 331 g/mol. The van der Waals surface area contributed by atoms with Crippen LogP contribution in [-0.2, 0) is 0 Å². The molecule has 1 aromatic carbocycles. The third-order valence-corrected chi connectivity index (χ3v) is 3.95. The molecule has 3 heterocycles. The van der Waals surface area contributed by atoms with E-state index >= 15 is 0 Å². The molecule has 0 bridgehead atoms. The highest BCUT2D eigenvalue weighted by molar-refractivity contribution is 5.99. The van der Waals surface area contributed by atoms with Gasteiger partial charge in [0.15, 0.2) is 5.82 Å². The van der Waals surface area contributed by atoms with Crippen molar-refractivity contribution in [2.24, 2.45) is 0 Å². The highest BCUT2D eigenvalue weighted by Crippen LogP contribution is 2.34. The zero-order chi connectivity index (χ0) is 17.2. The highest BCUT2D eigenvalue weighted by atomic mass is 16.5. The van der Waals surface area contributed by atoms with Crippen molar-refractivity contribution in [3.63, 3.8) is 0 Å². The van der Waals surface area contributed by atoms with Crippen LogP contribution >= 0.6 is 0 Å². The lowest BCUT2D eigenvalue weighted by Crippen LogP contribution is -1.98. The first-order valence-corrected chi connectivity index (χ1v) is 7.92. The molecular formula is C19H17N5O. The molecule has 6 nitrogen and oxygen atoms in total. The van der Waals surface area contributed by atoms with E-state index < -0.39 is 0 Å². The van der Waals surface area contributed by atoms with Gasteiger partial charge in [0.05, 0.1) is 12.8 Å². The van der Waals surface area contributed by atoms with E-state index in [-0.39, 0.29) is 0 Å². The number of aryl methyl sites for hydroxylation is 1. The molecule has 4 aromatic rings. The Bertz CT molecular complexity index is 1030. The zero-order valence-electron chi connectivity index (χ0n) is 13.9. The summed E-state index contributed by atoms with van der Waals surface area (Å²) < 4.78 is 5.53. The number of hydrogen-bond donors (Lipinski definition) is 2. The summed E-state index contributed by atoms with van der Waals surface area (Å²) in [6.45, 7) is 1.95. The van der Waals surface area contributed by atoms with E-state index in [1.165, 1.54) is 0 Å². The maximum absolute atomic E-state index is 5.53. The van der Waals surface area contributed by atoms with Gasteiger partial charge in [0.1, 0.15) is 11.6 Å². The van der Waals surface area contributed by atoms with Gasteiger partial charge in [-0.25, -0.2) is 4.98 Å². The van der Waals surface area contributed by atoms with Crippen LogP contribution in [0.1, 0.15) is 5.69 Å². The Balaban J connectivity index is 1.92. The maximum atomic E-state index is 5.53. The van der Waals surface area contributed by atoms with Crippen molar-refractivity contribution in [2.45, 2.75) is 6.92 Å². The molecule has 0 unspecified atom stereocenters. The lowest BCUT2D eigenvalue weighted by molar-refractivity contribution is 0.420. The van der Waals surface area contributed by atoms with Crippen molar-refractivity contribution in [3.05, 3.63) is 60.6 Å². The molecule has 4 rings (SSSR count). The summed E-state index contributed by atoms with van der Waals surface area (Å²) in [4.78, 5) is 9.01. The average Bonchev–Trinajstić information content (AvgIpc) is 3.06. The molecule has 0 saturated carbocycles. The summed E-state index contributed by atoms with van der Waals surface area (Å²) in [5.41, 5.74) is 2.77. The molecule has 0 aliphatic carbocycles. The second kappa shape index (κ2) is 6.24. The van der Waals surface area contributed by atoms with E-state index in [1.54, 1.807) is 13.3 Å². The molecule has 0 aliphatic rings. The van der Waals surface area contributed by atoms with Crippen molar-refractivity contribution in [1.29, 1.82) is 0 Å². The first kappa shape index (κ1) is 15.1. The Kier molecular flexibility index (Phi) is 3.78. The minimum Gasteiger partial charge on any atom is -0.496 e. The normalized spacial score (nSPS) is 10.8. The van der Waals surface area contributed by atoms with Gasteiger partial charge in [-0.1, -0.05) is 12.1 Å². The standard InChI is InChI=1S/C19H17N5O/c1-12-9-18(24-23-12)21-17-10-15-14(6-3-7-16(15)25-2)19(22-17)13-5-4-8-20-11-13/h3-11H,1-2H3,(H2,21,22,23,24). The van der Waals surface area contributed by atoms with Crippen LogP contribution in [0, 0.1) is 6.92 Å². The fourth-order valence-electron chi connectivity index (χ4n) is 2.83. The van der Waals surface area contributed by atoms with E-state index in [1.807, 2.05) is 55.6 Å². The molecule has 3 aromatic heterocycles. The number of rotatable bonds is 4. The lowest BCUT2D eigenvalue weighted by Gasteiger charge is -2.12. The molecule has 2 N–H and O–H groups in total. The van der Waals surface area contributed by atoms with Gasteiger partial charge in [-0.3, -0.25) is 10.1 Å². The van der Waals surface area contributed by atoms with Gasteiger partial charge < -0.3 is 10.1 Å². The molecule has 0 radical (unpaired) electrons. The molecule has 0 atom stereocenters. The van der Waals surface area contributed by atoms with Crippen LogP contribution in [0.25, 0.3) is 22.0 Å². The Morgan fingerprint density at radius 2 is 1.96 bits per heavy atom. The largest absolute Gasteiger partial charge is 0.496 e. The summed E-state index contributed by atoms with van der Waals surface area (Å²) in [7, 11) is 1.67. The topological polar surface area (TPSA) is 75.7 Å². The Labute approximate surface area is 144 Å². The molecule has 6 heteroatoms. The number of anilines is 2. The van der Waals surface area contributed by atoms with E-state index in [2.05, 4.69) is 20.5 Å². The van der Waals surface area contributed by atoms with Crippen LogP contribution in [0.3, 0.4) is 0 Å². The quantitative estimate of drug-likeness (QED) is 0.589. The number of aromatic nitrogens is 4. The fraction of sp³-hybridized carbons (Fsp3) is 0.105. The van der Waals surface area contributed by atoms with Crippen LogP contribution in [0.5, 0.6) is 5.75 Å². The predicted octanol–water partition coefficient (Wildman–Crippen LogP) is 4.08.